The fraction of sp³-hybridized carbons (Fsp3) is 0.455. The molecule has 1 aromatic rings. The van der Waals surface area contributed by atoms with Gasteiger partial charge in [0, 0.05) is 5.69 Å². The lowest BCUT2D eigenvalue weighted by molar-refractivity contribution is -0.180. The molecule has 0 amide bonds. The molecular weight excluding hydrogens is 227 g/mol. The van der Waals surface area contributed by atoms with Crippen LogP contribution in [0.4, 0.5) is 4.39 Å². The number of ether oxygens (including phenoxy) is 1. The summed E-state index contributed by atoms with van der Waals surface area (Å²) in [5, 5.41) is 20.9. The molecule has 1 aliphatic heterocycles. The molecule has 2 N–H and O–H groups in total. The van der Waals surface area contributed by atoms with Gasteiger partial charge in [-0.2, -0.15) is 0 Å². The number of aryl methyl sites for hydroxylation is 1. The number of aliphatic hydroxyl groups is 1. The van der Waals surface area contributed by atoms with Gasteiger partial charge in [0.1, 0.15) is 11.3 Å². The van der Waals surface area contributed by atoms with E-state index in [1.165, 1.54) is 6.07 Å². The number of halogens is 1. The molecule has 1 saturated heterocycles. The predicted octanol–water partition coefficient (Wildman–Crippen LogP) is 0.723. The summed E-state index contributed by atoms with van der Waals surface area (Å²) in [4.78, 5) is 3.99. The van der Waals surface area contributed by atoms with Gasteiger partial charge in [-0.05, 0) is 25.0 Å². The average Bonchev–Trinajstić information content (AvgIpc) is 2.28. The van der Waals surface area contributed by atoms with E-state index in [9.17, 15) is 9.50 Å². The van der Waals surface area contributed by atoms with Crippen molar-refractivity contribution >= 4 is 6.21 Å². The van der Waals surface area contributed by atoms with Crippen molar-refractivity contribution in [3.8, 4) is 0 Å². The summed E-state index contributed by atoms with van der Waals surface area (Å²) in [5.74, 6) is -0.544. The number of nitrogens with zero attached hydrogens (tertiary/aromatic N) is 2. The summed E-state index contributed by atoms with van der Waals surface area (Å²) < 4.78 is 18.1. The van der Waals surface area contributed by atoms with Gasteiger partial charge in [-0.15, -0.1) is 0 Å². The van der Waals surface area contributed by atoms with Gasteiger partial charge in [-0.3, -0.25) is 0 Å². The molecule has 0 atom stereocenters. The lowest BCUT2D eigenvalue weighted by Crippen LogP contribution is -2.49. The van der Waals surface area contributed by atoms with E-state index in [0.29, 0.717) is 31.7 Å². The first-order valence-corrected chi connectivity index (χ1v) is 5.26. The van der Waals surface area contributed by atoms with Gasteiger partial charge in [-0.1, -0.05) is 5.16 Å². The Kier molecular flexibility index (Phi) is 3.35. The maximum Gasteiger partial charge on any atom is 0.150 e. The van der Waals surface area contributed by atoms with Crippen LogP contribution in [0.25, 0.3) is 0 Å². The van der Waals surface area contributed by atoms with E-state index in [1.54, 1.807) is 6.07 Å². The molecule has 0 saturated carbocycles. The second-order valence-corrected chi connectivity index (χ2v) is 4.13. The Balaban J connectivity index is 2.03. The van der Waals surface area contributed by atoms with Crippen LogP contribution in [0.2, 0.25) is 0 Å². The number of aromatic nitrogens is 1. The molecule has 0 spiro atoms. The highest BCUT2D eigenvalue weighted by molar-refractivity contribution is 5.76. The largest absolute Gasteiger partial charge is 0.411 e. The topological polar surface area (TPSA) is 74.9 Å². The first kappa shape index (κ1) is 11.9. The monoisotopic (exact) mass is 240 g/mol. The fourth-order valence-corrected chi connectivity index (χ4v) is 1.63. The van der Waals surface area contributed by atoms with Crippen LogP contribution in [0, 0.1) is 5.82 Å². The van der Waals surface area contributed by atoms with Crippen LogP contribution in [-0.4, -0.2) is 40.3 Å². The predicted molar refractivity (Wildman–Crippen MR) is 57.7 cm³/mol. The zero-order valence-corrected chi connectivity index (χ0v) is 9.14. The standard InChI is InChI=1S/C11H13FN2O3/c12-9-2-1-8(14-10(9)5-13-16)3-4-11(15)6-17-7-11/h1-2,5,15-16H,3-4,6-7H2/b13-5+. The van der Waals surface area contributed by atoms with Gasteiger partial charge < -0.3 is 15.1 Å². The van der Waals surface area contributed by atoms with Gasteiger partial charge >= 0.3 is 0 Å². The molecule has 0 bridgehead atoms. The summed E-state index contributed by atoms with van der Waals surface area (Å²) in [6, 6.07) is 2.81. The third-order valence-corrected chi connectivity index (χ3v) is 2.70. The molecule has 17 heavy (non-hydrogen) atoms. The summed E-state index contributed by atoms with van der Waals surface area (Å²) >= 11 is 0. The Morgan fingerprint density at radius 3 is 2.88 bits per heavy atom. The number of rotatable bonds is 4. The van der Waals surface area contributed by atoms with Gasteiger partial charge in [-0.25, -0.2) is 9.37 Å². The maximum atomic E-state index is 13.2. The van der Waals surface area contributed by atoms with E-state index >= 15 is 0 Å². The van der Waals surface area contributed by atoms with Crippen molar-refractivity contribution in [1.29, 1.82) is 0 Å². The highest BCUT2D eigenvalue weighted by Gasteiger charge is 2.35. The van der Waals surface area contributed by atoms with Crippen LogP contribution >= 0.6 is 0 Å². The Hall–Kier alpha value is -1.53. The summed E-state index contributed by atoms with van der Waals surface area (Å²) in [5.41, 5.74) is -0.148. The molecule has 92 valence electrons. The molecule has 5 nitrogen and oxygen atoms in total. The SMILES string of the molecule is O/N=C/c1nc(CCC2(O)COC2)ccc1F. The Bertz CT molecular complexity index is 433. The zero-order valence-electron chi connectivity index (χ0n) is 9.14. The van der Waals surface area contributed by atoms with Crippen molar-refractivity contribution in [1.82, 2.24) is 4.98 Å². The number of pyridine rings is 1. The van der Waals surface area contributed by atoms with E-state index in [-0.39, 0.29) is 5.69 Å². The molecule has 2 rings (SSSR count). The summed E-state index contributed by atoms with van der Waals surface area (Å²) in [7, 11) is 0. The van der Waals surface area contributed by atoms with E-state index in [2.05, 4.69) is 10.1 Å². The molecule has 0 radical (unpaired) electrons. The lowest BCUT2D eigenvalue weighted by Gasteiger charge is -2.36. The summed E-state index contributed by atoms with van der Waals surface area (Å²) in [6.07, 6.45) is 1.98. The third-order valence-electron chi connectivity index (χ3n) is 2.70. The normalized spacial score (nSPS) is 18.2. The number of hydrogen-bond donors (Lipinski definition) is 2. The minimum absolute atomic E-state index is 0.0122. The smallest absolute Gasteiger partial charge is 0.150 e. The van der Waals surface area contributed by atoms with Crippen molar-refractivity contribution in [3.05, 3.63) is 29.3 Å². The van der Waals surface area contributed by atoms with Crippen molar-refractivity contribution in [2.45, 2.75) is 18.4 Å². The fourth-order valence-electron chi connectivity index (χ4n) is 1.63. The molecule has 0 aromatic carbocycles. The van der Waals surface area contributed by atoms with E-state index in [1.807, 2.05) is 0 Å². The van der Waals surface area contributed by atoms with E-state index < -0.39 is 11.4 Å². The zero-order chi connectivity index (χ0) is 12.3. The van der Waals surface area contributed by atoms with Crippen molar-refractivity contribution in [3.63, 3.8) is 0 Å². The third kappa shape index (κ3) is 2.78. The van der Waals surface area contributed by atoms with Gasteiger partial charge in [0.25, 0.3) is 0 Å². The molecule has 0 unspecified atom stereocenters. The van der Waals surface area contributed by atoms with Gasteiger partial charge in [0.05, 0.1) is 19.4 Å². The minimum atomic E-state index is -0.776. The first-order valence-electron chi connectivity index (χ1n) is 5.26. The molecule has 6 heteroatoms. The van der Waals surface area contributed by atoms with Crippen molar-refractivity contribution in [2.24, 2.45) is 5.16 Å². The van der Waals surface area contributed by atoms with E-state index in [4.69, 9.17) is 9.94 Å². The molecule has 1 aromatic heterocycles. The number of oxime groups is 1. The molecule has 0 aliphatic carbocycles. The highest BCUT2D eigenvalue weighted by atomic mass is 19.1. The average molecular weight is 240 g/mol. The van der Waals surface area contributed by atoms with E-state index in [0.717, 1.165) is 6.21 Å². The Morgan fingerprint density at radius 1 is 1.53 bits per heavy atom. The van der Waals surface area contributed by atoms with Crippen molar-refractivity contribution < 1.29 is 19.4 Å². The Morgan fingerprint density at radius 2 is 2.29 bits per heavy atom. The van der Waals surface area contributed by atoms with Crippen LogP contribution in [0.1, 0.15) is 17.8 Å². The Labute approximate surface area is 97.6 Å². The quantitative estimate of drug-likeness (QED) is 0.462. The van der Waals surface area contributed by atoms with Gasteiger partial charge in [0.2, 0.25) is 0 Å². The van der Waals surface area contributed by atoms with Gasteiger partial charge in [0.15, 0.2) is 5.82 Å². The lowest BCUT2D eigenvalue weighted by atomic mass is 9.95. The maximum absolute atomic E-state index is 13.2. The highest BCUT2D eigenvalue weighted by Crippen LogP contribution is 2.22. The first-order chi connectivity index (χ1) is 8.13. The van der Waals surface area contributed by atoms with Crippen LogP contribution < -0.4 is 0 Å². The van der Waals surface area contributed by atoms with Crippen molar-refractivity contribution in [2.75, 3.05) is 13.2 Å². The van der Waals surface area contributed by atoms with Crippen LogP contribution in [0.3, 0.4) is 0 Å². The second-order valence-electron chi connectivity index (χ2n) is 4.13. The second kappa shape index (κ2) is 4.77. The van der Waals surface area contributed by atoms with Crippen LogP contribution in [0.5, 0.6) is 0 Å². The molecule has 2 heterocycles. The van der Waals surface area contributed by atoms with Crippen LogP contribution in [0.15, 0.2) is 17.3 Å². The molecule has 1 fully saturated rings. The molecular formula is C11H13FN2O3. The van der Waals surface area contributed by atoms with Crippen LogP contribution in [-0.2, 0) is 11.2 Å². The number of hydrogen-bond acceptors (Lipinski definition) is 5. The molecule has 1 aliphatic rings. The summed E-state index contributed by atoms with van der Waals surface area (Å²) in [6.45, 7) is 0.665. The minimum Gasteiger partial charge on any atom is -0.411 e.